The fourth-order valence-electron chi connectivity index (χ4n) is 1.40. The molecule has 0 bridgehead atoms. The molecule has 1 atom stereocenters. The summed E-state index contributed by atoms with van der Waals surface area (Å²) >= 11 is 3.09. The molecule has 1 aromatic rings. The molecule has 3 heteroatoms. The van der Waals surface area contributed by atoms with Gasteiger partial charge in [0.1, 0.15) is 11.4 Å². The summed E-state index contributed by atoms with van der Waals surface area (Å²) in [6.45, 7) is 4.08. The van der Waals surface area contributed by atoms with E-state index in [1.165, 1.54) is 0 Å². The summed E-state index contributed by atoms with van der Waals surface area (Å²) in [6.07, 6.45) is -0.156. The lowest BCUT2D eigenvalue weighted by Gasteiger charge is -2.21. The molecule has 0 fully saturated rings. The van der Waals surface area contributed by atoms with E-state index in [1.807, 2.05) is 44.2 Å². The molecule has 0 amide bonds. The Morgan fingerprint density at radius 1 is 1.33 bits per heavy atom. The maximum atomic E-state index is 11.2. The molecule has 0 saturated heterocycles. The fraction of sp³-hybridized carbons (Fsp3) is 0.417. The number of benzene rings is 1. The predicted octanol–water partition coefficient (Wildman–Crippen LogP) is 3.32. The Morgan fingerprint density at radius 3 is 2.40 bits per heavy atom. The van der Waals surface area contributed by atoms with Crippen molar-refractivity contribution in [1.29, 1.82) is 0 Å². The SMILES string of the molecule is CC(C)C(OC(=O)CBr)c1ccccc1. The minimum Gasteiger partial charge on any atom is -0.457 e. The molecule has 2 nitrogen and oxygen atoms in total. The number of rotatable bonds is 4. The second kappa shape index (κ2) is 5.91. The number of ether oxygens (including phenoxy) is 1. The van der Waals surface area contributed by atoms with Gasteiger partial charge < -0.3 is 4.74 Å². The standard InChI is InChI=1S/C12H15BrO2/c1-9(2)12(15-11(14)8-13)10-6-4-3-5-7-10/h3-7,9,12H,8H2,1-2H3. The summed E-state index contributed by atoms with van der Waals surface area (Å²) in [6, 6.07) is 9.81. The molecular weight excluding hydrogens is 256 g/mol. The third-order valence-corrected chi connectivity index (χ3v) is 2.56. The van der Waals surface area contributed by atoms with Crippen LogP contribution < -0.4 is 0 Å². The summed E-state index contributed by atoms with van der Waals surface area (Å²) in [4.78, 5) is 11.2. The third-order valence-electron chi connectivity index (χ3n) is 2.10. The smallest absolute Gasteiger partial charge is 0.317 e. The van der Waals surface area contributed by atoms with Crippen LogP contribution in [0.1, 0.15) is 25.5 Å². The van der Waals surface area contributed by atoms with Crippen LogP contribution in [0.3, 0.4) is 0 Å². The van der Waals surface area contributed by atoms with E-state index in [4.69, 9.17) is 4.74 Å². The van der Waals surface area contributed by atoms with Gasteiger partial charge in [0.2, 0.25) is 0 Å². The lowest BCUT2D eigenvalue weighted by Crippen LogP contribution is -2.16. The van der Waals surface area contributed by atoms with Crippen molar-refractivity contribution in [3.8, 4) is 0 Å². The summed E-state index contributed by atoms with van der Waals surface area (Å²) in [5.74, 6) is 0.0490. The van der Waals surface area contributed by atoms with Crippen LogP contribution >= 0.6 is 15.9 Å². The van der Waals surface area contributed by atoms with Gasteiger partial charge in [-0.2, -0.15) is 0 Å². The Balaban J connectivity index is 2.79. The molecule has 0 saturated carbocycles. The summed E-state index contributed by atoms with van der Waals surface area (Å²) < 4.78 is 5.36. The van der Waals surface area contributed by atoms with E-state index < -0.39 is 0 Å². The van der Waals surface area contributed by atoms with Gasteiger partial charge in [0.05, 0.1) is 0 Å². The second-order valence-corrected chi connectivity index (χ2v) is 4.26. The average molecular weight is 271 g/mol. The van der Waals surface area contributed by atoms with Crippen LogP contribution in [-0.2, 0) is 9.53 Å². The Hall–Kier alpha value is -0.830. The van der Waals surface area contributed by atoms with E-state index in [2.05, 4.69) is 15.9 Å². The van der Waals surface area contributed by atoms with Crippen molar-refractivity contribution >= 4 is 21.9 Å². The zero-order valence-electron chi connectivity index (χ0n) is 8.94. The van der Waals surface area contributed by atoms with Gasteiger partial charge in [0.25, 0.3) is 0 Å². The number of carbonyl (C=O) groups is 1. The molecule has 1 aromatic carbocycles. The molecule has 0 aliphatic heterocycles. The molecule has 0 heterocycles. The van der Waals surface area contributed by atoms with Crippen molar-refractivity contribution in [3.63, 3.8) is 0 Å². The fourth-order valence-corrected chi connectivity index (χ4v) is 1.54. The highest BCUT2D eigenvalue weighted by atomic mass is 79.9. The van der Waals surface area contributed by atoms with E-state index in [0.29, 0.717) is 0 Å². The van der Waals surface area contributed by atoms with Crippen LogP contribution in [0.5, 0.6) is 0 Å². The number of esters is 1. The second-order valence-electron chi connectivity index (χ2n) is 3.70. The van der Waals surface area contributed by atoms with Crippen molar-refractivity contribution in [2.75, 3.05) is 5.33 Å². The van der Waals surface area contributed by atoms with Crippen LogP contribution in [0, 0.1) is 5.92 Å². The topological polar surface area (TPSA) is 26.3 Å². The largest absolute Gasteiger partial charge is 0.457 e. The van der Waals surface area contributed by atoms with E-state index in [1.54, 1.807) is 0 Å². The van der Waals surface area contributed by atoms with Crippen LogP contribution in [0.4, 0.5) is 0 Å². The molecule has 1 rings (SSSR count). The molecule has 1 unspecified atom stereocenters. The summed E-state index contributed by atoms with van der Waals surface area (Å²) in [5.41, 5.74) is 1.04. The average Bonchev–Trinajstić information content (AvgIpc) is 2.26. The molecular formula is C12H15BrO2. The monoisotopic (exact) mass is 270 g/mol. The van der Waals surface area contributed by atoms with Crippen LogP contribution in [0.25, 0.3) is 0 Å². The van der Waals surface area contributed by atoms with Gasteiger partial charge in [-0.05, 0) is 11.5 Å². The van der Waals surface area contributed by atoms with Crippen molar-refractivity contribution in [1.82, 2.24) is 0 Å². The van der Waals surface area contributed by atoms with Gasteiger partial charge >= 0.3 is 5.97 Å². The molecule has 0 aliphatic rings. The van der Waals surface area contributed by atoms with E-state index >= 15 is 0 Å². The number of hydrogen-bond acceptors (Lipinski definition) is 2. The minimum atomic E-state index is -0.224. The first kappa shape index (κ1) is 12.2. The van der Waals surface area contributed by atoms with Crippen molar-refractivity contribution in [2.24, 2.45) is 5.92 Å². The van der Waals surface area contributed by atoms with Crippen molar-refractivity contribution in [2.45, 2.75) is 20.0 Å². The van der Waals surface area contributed by atoms with Crippen molar-refractivity contribution < 1.29 is 9.53 Å². The maximum Gasteiger partial charge on any atom is 0.317 e. The highest BCUT2D eigenvalue weighted by Gasteiger charge is 2.19. The molecule has 0 aromatic heterocycles. The van der Waals surface area contributed by atoms with Crippen LogP contribution in [-0.4, -0.2) is 11.3 Å². The lowest BCUT2D eigenvalue weighted by molar-refractivity contribution is -0.148. The number of hydrogen-bond donors (Lipinski definition) is 0. The van der Waals surface area contributed by atoms with Gasteiger partial charge in [-0.15, -0.1) is 0 Å². The Labute approximate surface area is 98.8 Å². The Morgan fingerprint density at radius 2 is 1.93 bits per heavy atom. The summed E-state index contributed by atoms with van der Waals surface area (Å²) in [5, 5.41) is 0.239. The van der Waals surface area contributed by atoms with E-state index in [-0.39, 0.29) is 23.3 Å². The van der Waals surface area contributed by atoms with E-state index in [9.17, 15) is 4.79 Å². The van der Waals surface area contributed by atoms with Crippen molar-refractivity contribution in [3.05, 3.63) is 35.9 Å². The Bertz CT molecular complexity index is 309. The first-order valence-electron chi connectivity index (χ1n) is 4.95. The normalized spacial score (nSPS) is 12.5. The van der Waals surface area contributed by atoms with Gasteiger partial charge in [-0.1, -0.05) is 60.1 Å². The van der Waals surface area contributed by atoms with Gasteiger partial charge in [-0.3, -0.25) is 4.79 Å². The zero-order chi connectivity index (χ0) is 11.3. The maximum absolute atomic E-state index is 11.2. The predicted molar refractivity (Wildman–Crippen MR) is 63.9 cm³/mol. The molecule has 0 radical (unpaired) electrons. The van der Waals surface area contributed by atoms with Gasteiger partial charge in [0, 0.05) is 0 Å². The highest BCUT2D eigenvalue weighted by molar-refractivity contribution is 9.09. The minimum absolute atomic E-state index is 0.156. The molecule has 15 heavy (non-hydrogen) atoms. The van der Waals surface area contributed by atoms with Gasteiger partial charge in [0.15, 0.2) is 0 Å². The number of carbonyl (C=O) groups excluding carboxylic acids is 1. The first-order valence-corrected chi connectivity index (χ1v) is 6.07. The molecule has 0 aliphatic carbocycles. The zero-order valence-corrected chi connectivity index (χ0v) is 10.5. The third kappa shape index (κ3) is 3.67. The van der Waals surface area contributed by atoms with Crippen LogP contribution in [0.15, 0.2) is 30.3 Å². The first-order chi connectivity index (χ1) is 7.15. The quantitative estimate of drug-likeness (QED) is 0.620. The number of halogens is 1. The molecule has 82 valence electrons. The summed E-state index contributed by atoms with van der Waals surface area (Å²) in [7, 11) is 0. The highest BCUT2D eigenvalue weighted by Crippen LogP contribution is 2.25. The van der Waals surface area contributed by atoms with Crippen LogP contribution in [0.2, 0.25) is 0 Å². The lowest BCUT2D eigenvalue weighted by atomic mass is 9.99. The van der Waals surface area contributed by atoms with Gasteiger partial charge in [-0.25, -0.2) is 0 Å². The van der Waals surface area contributed by atoms with E-state index in [0.717, 1.165) is 5.56 Å². The Kier molecular flexibility index (Phi) is 4.82. The molecule has 0 spiro atoms. The number of alkyl halides is 1. The molecule has 0 N–H and O–H groups in total.